The maximum atomic E-state index is 12.0. The van der Waals surface area contributed by atoms with E-state index in [1.54, 1.807) is 0 Å². The van der Waals surface area contributed by atoms with Crippen LogP contribution in [0.25, 0.3) is 0 Å². The lowest BCUT2D eigenvalue weighted by atomic mass is 10.1. The van der Waals surface area contributed by atoms with E-state index < -0.39 is 5.91 Å². The van der Waals surface area contributed by atoms with Gasteiger partial charge in [0.25, 0.3) is 5.91 Å². The van der Waals surface area contributed by atoms with Gasteiger partial charge in [0.05, 0.1) is 7.11 Å². The Labute approximate surface area is 111 Å². The molecule has 1 aromatic rings. The molecule has 0 saturated heterocycles. The van der Waals surface area contributed by atoms with Crippen molar-refractivity contribution in [2.75, 3.05) is 20.7 Å². The molecular formula is C13H17NO5. The second-order valence-corrected chi connectivity index (χ2v) is 4.08. The molecule has 1 rings (SSSR count). The van der Waals surface area contributed by atoms with E-state index in [0.29, 0.717) is 13.0 Å². The van der Waals surface area contributed by atoms with Gasteiger partial charge in [-0.2, -0.15) is 0 Å². The van der Waals surface area contributed by atoms with E-state index >= 15 is 0 Å². The second-order valence-electron chi connectivity index (χ2n) is 4.08. The molecule has 0 fully saturated rings. The maximum absolute atomic E-state index is 12.0. The molecule has 6 nitrogen and oxygen atoms in total. The van der Waals surface area contributed by atoms with Crippen molar-refractivity contribution in [3.8, 4) is 11.5 Å². The summed E-state index contributed by atoms with van der Waals surface area (Å²) in [5.74, 6) is -1.39. The average Bonchev–Trinajstić information content (AvgIpc) is 2.37. The summed E-state index contributed by atoms with van der Waals surface area (Å²) < 4.78 is 4.49. The standard InChI is InChI=1S/C13H17NO5/c1-14(8-4-7-11(17)19-2)13(18)12-9(15)5-3-6-10(12)16/h3,5-6,15-16H,4,7-8H2,1-2H3. The molecule has 0 atom stereocenters. The predicted molar refractivity (Wildman–Crippen MR) is 68.0 cm³/mol. The third kappa shape index (κ3) is 3.87. The number of carbonyl (C=O) groups excluding carboxylic acids is 2. The van der Waals surface area contributed by atoms with Crippen LogP contribution in [-0.4, -0.2) is 47.7 Å². The fourth-order valence-electron chi connectivity index (χ4n) is 1.60. The van der Waals surface area contributed by atoms with Crippen molar-refractivity contribution in [3.63, 3.8) is 0 Å². The highest BCUT2D eigenvalue weighted by atomic mass is 16.5. The predicted octanol–water partition coefficient (Wildman–Crippen LogP) is 1.12. The van der Waals surface area contributed by atoms with Gasteiger partial charge in [-0.1, -0.05) is 6.07 Å². The Morgan fingerprint density at radius 3 is 2.37 bits per heavy atom. The first kappa shape index (κ1) is 14.8. The smallest absolute Gasteiger partial charge is 0.305 e. The van der Waals surface area contributed by atoms with Gasteiger partial charge in [0, 0.05) is 20.0 Å². The second kappa shape index (κ2) is 6.63. The van der Waals surface area contributed by atoms with Gasteiger partial charge in [-0.3, -0.25) is 9.59 Å². The van der Waals surface area contributed by atoms with Gasteiger partial charge in [-0.05, 0) is 18.6 Å². The number of hydrogen-bond acceptors (Lipinski definition) is 5. The number of amides is 1. The zero-order chi connectivity index (χ0) is 14.4. The van der Waals surface area contributed by atoms with Crippen molar-refractivity contribution in [1.82, 2.24) is 4.90 Å². The van der Waals surface area contributed by atoms with Gasteiger partial charge in [0.15, 0.2) is 0 Å². The van der Waals surface area contributed by atoms with Crippen LogP contribution in [0.5, 0.6) is 11.5 Å². The highest BCUT2D eigenvalue weighted by Crippen LogP contribution is 2.27. The summed E-state index contributed by atoms with van der Waals surface area (Å²) in [5.41, 5.74) is -0.136. The van der Waals surface area contributed by atoms with Crippen LogP contribution < -0.4 is 0 Å². The van der Waals surface area contributed by atoms with Crippen molar-refractivity contribution in [3.05, 3.63) is 23.8 Å². The minimum atomic E-state index is -0.500. The molecule has 19 heavy (non-hydrogen) atoms. The topological polar surface area (TPSA) is 87.1 Å². The number of rotatable bonds is 5. The van der Waals surface area contributed by atoms with E-state index in [1.807, 2.05) is 0 Å². The number of phenolic OH excluding ortho intramolecular Hbond substituents is 2. The van der Waals surface area contributed by atoms with Crippen LogP contribution in [0.15, 0.2) is 18.2 Å². The zero-order valence-electron chi connectivity index (χ0n) is 10.9. The summed E-state index contributed by atoms with van der Waals surface area (Å²) in [4.78, 5) is 24.3. The van der Waals surface area contributed by atoms with Crippen molar-refractivity contribution in [2.24, 2.45) is 0 Å². The number of ether oxygens (including phenoxy) is 1. The summed E-state index contributed by atoms with van der Waals surface area (Å²) in [6, 6.07) is 4.10. The van der Waals surface area contributed by atoms with Gasteiger partial charge < -0.3 is 19.8 Å². The first-order valence-corrected chi connectivity index (χ1v) is 5.80. The minimum absolute atomic E-state index is 0.136. The number of esters is 1. The van der Waals surface area contributed by atoms with Gasteiger partial charge >= 0.3 is 5.97 Å². The third-order valence-corrected chi connectivity index (χ3v) is 2.68. The molecule has 0 aliphatic heterocycles. The quantitative estimate of drug-likeness (QED) is 0.781. The van der Waals surface area contributed by atoms with E-state index in [2.05, 4.69) is 4.74 Å². The molecule has 0 bridgehead atoms. The van der Waals surface area contributed by atoms with Crippen molar-refractivity contribution in [2.45, 2.75) is 12.8 Å². The maximum Gasteiger partial charge on any atom is 0.305 e. The number of hydrogen-bond donors (Lipinski definition) is 2. The summed E-state index contributed by atoms with van der Waals surface area (Å²) in [7, 11) is 2.84. The van der Waals surface area contributed by atoms with Crippen LogP contribution >= 0.6 is 0 Å². The lowest BCUT2D eigenvalue weighted by molar-refractivity contribution is -0.140. The van der Waals surface area contributed by atoms with Crippen LogP contribution in [0.4, 0.5) is 0 Å². The van der Waals surface area contributed by atoms with Gasteiger partial charge in [-0.25, -0.2) is 0 Å². The number of methoxy groups -OCH3 is 1. The van der Waals surface area contributed by atoms with Gasteiger partial charge in [-0.15, -0.1) is 0 Å². The fraction of sp³-hybridized carbons (Fsp3) is 0.385. The van der Waals surface area contributed by atoms with E-state index in [4.69, 9.17) is 0 Å². The molecule has 0 aliphatic rings. The molecule has 0 spiro atoms. The molecule has 0 heterocycles. The number of nitrogens with zero attached hydrogens (tertiary/aromatic N) is 1. The Balaban J connectivity index is 2.64. The minimum Gasteiger partial charge on any atom is -0.507 e. The first-order chi connectivity index (χ1) is 8.97. The normalized spacial score (nSPS) is 10.0. The molecular weight excluding hydrogens is 250 g/mol. The average molecular weight is 267 g/mol. The van der Waals surface area contributed by atoms with Crippen molar-refractivity contribution in [1.29, 1.82) is 0 Å². The molecule has 0 aliphatic carbocycles. The molecule has 2 N–H and O–H groups in total. The zero-order valence-corrected chi connectivity index (χ0v) is 10.9. The van der Waals surface area contributed by atoms with Crippen LogP contribution in [0.3, 0.4) is 0 Å². The number of aromatic hydroxyl groups is 2. The number of carbonyl (C=O) groups is 2. The summed E-state index contributed by atoms with van der Waals surface area (Å²) in [5, 5.41) is 19.2. The van der Waals surface area contributed by atoms with Crippen molar-refractivity contribution < 1.29 is 24.5 Å². The molecule has 0 saturated carbocycles. The van der Waals surface area contributed by atoms with E-state index in [-0.39, 0.29) is 29.5 Å². The fourth-order valence-corrected chi connectivity index (χ4v) is 1.60. The van der Waals surface area contributed by atoms with E-state index in [9.17, 15) is 19.8 Å². The Bertz CT molecular complexity index is 452. The summed E-state index contributed by atoms with van der Waals surface area (Å²) in [6.07, 6.45) is 0.657. The molecule has 1 aromatic carbocycles. The highest BCUT2D eigenvalue weighted by molar-refractivity contribution is 5.99. The largest absolute Gasteiger partial charge is 0.507 e. The van der Waals surface area contributed by atoms with Crippen LogP contribution in [0.1, 0.15) is 23.2 Å². The van der Waals surface area contributed by atoms with Crippen LogP contribution in [0.2, 0.25) is 0 Å². The van der Waals surface area contributed by atoms with E-state index in [0.717, 1.165) is 0 Å². The number of phenols is 2. The summed E-state index contributed by atoms with van der Waals surface area (Å²) in [6.45, 7) is 0.321. The SMILES string of the molecule is COC(=O)CCCN(C)C(=O)c1c(O)cccc1O. The van der Waals surface area contributed by atoms with E-state index in [1.165, 1.54) is 37.3 Å². The Morgan fingerprint density at radius 2 is 1.84 bits per heavy atom. The van der Waals surface area contributed by atoms with Gasteiger partial charge in [0.1, 0.15) is 17.1 Å². The highest BCUT2D eigenvalue weighted by Gasteiger charge is 2.19. The number of benzene rings is 1. The van der Waals surface area contributed by atoms with Crippen molar-refractivity contribution >= 4 is 11.9 Å². The Morgan fingerprint density at radius 1 is 1.26 bits per heavy atom. The van der Waals surface area contributed by atoms with Crippen LogP contribution in [-0.2, 0) is 9.53 Å². The third-order valence-electron chi connectivity index (χ3n) is 2.68. The molecule has 0 radical (unpaired) electrons. The monoisotopic (exact) mass is 267 g/mol. The first-order valence-electron chi connectivity index (χ1n) is 5.80. The summed E-state index contributed by atoms with van der Waals surface area (Å²) >= 11 is 0. The molecule has 0 aromatic heterocycles. The van der Waals surface area contributed by atoms with Gasteiger partial charge in [0.2, 0.25) is 0 Å². The molecule has 1 amide bonds. The lowest BCUT2D eigenvalue weighted by Gasteiger charge is -2.18. The Hall–Kier alpha value is -2.24. The molecule has 0 unspecified atom stereocenters. The van der Waals surface area contributed by atoms with Crippen LogP contribution in [0, 0.1) is 0 Å². The molecule has 6 heteroatoms. The molecule has 104 valence electrons. The lowest BCUT2D eigenvalue weighted by Crippen LogP contribution is -2.28. The Kier molecular flexibility index (Phi) is 5.17.